The smallest absolute Gasteiger partial charge is 0.133 e. The van der Waals surface area contributed by atoms with E-state index in [1.165, 1.54) is 0 Å². The molecule has 0 saturated heterocycles. The van der Waals surface area contributed by atoms with E-state index in [-0.39, 0.29) is 0 Å². The fourth-order valence-electron chi connectivity index (χ4n) is 0.909. The van der Waals surface area contributed by atoms with Crippen LogP contribution in [0.15, 0.2) is 12.2 Å². The van der Waals surface area contributed by atoms with Gasteiger partial charge in [-0.2, -0.15) is 0 Å². The molecule has 0 unspecified atom stereocenters. The molecular formula is C7H8O2. The fourth-order valence-corrected chi connectivity index (χ4v) is 0.909. The SMILES string of the molecule is O=CC1(C=O)CC=CC1. The first kappa shape index (κ1) is 6.20. The summed E-state index contributed by atoms with van der Waals surface area (Å²) in [5.41, 5.74) is -0.694. The summed E-state index contributed by atoms with van der Waals surface area (Å²) in [6.45, 7) is 0. The Kier molecular flexibility index (Phi) is 1.47. The Morgan fingerprint density at radius 3 is 1.78 bits per heavy atom. The van der Waals surface area contributed by atoms with Crippen molar-refractivity contribution in [2.45, 2.75) is 12.8 Å². The van der Waals surface area contributed by atoms with Crippen LogP contribution in [0.25, 0.3) is 0 Å². The van der Waals surface area contributed by atoms with Crippen molar-refractivity contribution < 1.29 is 9.59 Å². The summed E-state index contributed by atoms with van der Waals surface area (Å²) in [5.74, 6) is 0. The summed E-state index contributed by atoms with van der Waals surface area (Å²) in [6, 6.07) is 0. The number of carbonyl (C=O) groups is 2. The van der Waals surface area contributed by atoms with Gasteiger partial charge in [0.15, 0.2) is 0 Å². The van der Waals surface area contributed by atoms with Gasteiger partial charge in [0.2, 0.25) is 0 Å². The van der Waals surface area contributed by atoms with Crippen molar-refractivity contribution in [3.8, 4) is 0 Å². The van der Waals surface area contributed by atoms with E-state index in [0.717, 1.165) is 12.6 Å². The van der Waals surface area contributed by atoms with E-state index in [4.69, 9.17) is 0 Å². The molecule has 1 rings (SSSR count). The van der Waals surface area contributed by atoms with Gasteiger partial charge in [-0.15, -0.1) is 0 Å². The lowest BCUT2D eigenvalue weighted by Crippen LogP contribution is -2.19. The zero-order valence-electron chi connectivity index (χ0n) is 5.04. The number of allylic oxidation sites excluding steroid dienone is 2. The predicted octanol–water partition coefficient (Wildman–Crippen LogP) is 0.721. The molecule has 1 aliphatic rings. The second-order valence-corrected chi connectivity index (χ2v) is 2.35. The molecular weight excluding hydrogens is 116 g/mol. The molecule has 0 aromatic heterocycles. The molecule has 0 N–H and O–H groups in total. The minimum absolute atomic E-state index is 0.583. The number of hydrogen-bond acceptors (Lipinski definition) is 2. The van der Waals surface area contributed by atoms with Gasteiger partial charge in [0.05, 0.1) is 5.41 Å². The summed E-state index contributed by atoms with van der Waals surface area (Å²) in [6.07, 6.45) is 6.37. The Morgan fingerprint density at radius 1 is 1.11 bits per heavy atom. The zero-order valence-corrected chi connectivity index (χ0v) is 5.04. The van der Waals surface area contributed by atoms with Crippen LogP contribution in [0.2, 0.25) is 0 Å². The molecule has 2 nitrogen and oxygen atoms in total. The van der Waals surface area contributed by atoms with Crippen molar-refractivity contribution in [2.75, 3.05) is 0 Å². The maximum Gasteiger partial charge on any atom is 0.133 e. The largest absolute Gasteiger partial charge is 0.302 e. The zero-order chi connectivity index (χ0) is 6.74. The number of carbonyl (C=O) groups excluding carboxylic acids is 2. The van der Waals surface area contributed by atoms with Crippen molar-refractivity contribution >= 4 is 12.6 Å². The van der Waals surface area contributed by atoms with Crippen molar-refractivity contribution in [2.24, 2.45) is 5.41 Å². The van der Waals surface area contributed by atoms with Crippen LogP contribution in [0.1, 0.15) is 12.8 Å². The van der Waals surface area contributed by atoms with Gasteiger partial charge in [-0.25, -0.2) is 0 Å². The molecule has 2 heteroatoms. The molecule has 1 aliphatic carbocycles. The second-order valence-electron chi connectivity index (χ2n) is 2.35. The Labute approximate surface area is 53.6 Å². The average molecular weight is 124 g/mol. The number of rotatable bonds is 2. The van der Waals surface area contributed by atoms with E-state index in [1.54, 1.807) is 0 Å². The summed E-state index contributed by atoms with van der Waals surface area (Å²) < 4.78 is 0. The van der Waals surface area contributed by atoms with Crippen LogP contribution in [0.3, 0.4) is 0 Å². The standard InChI is InChI=1S/C7H8O2/c8-5-7(6-9)3-1-2-4-7/h1-2,5-6H,3-4H2. The third-order valence-electron chi connectivity index (χ3n) is 1.63. The summed E-state index contributed by atoms with van der Waals surface area (Å²) in [4.78, 5) is 20.6. The van der Waals surface area contributed by atoms with Crippen LogP contribution < -0.4 is 0 Å². The Morgan fingerprint density at radius 2 is 1.56 bits per heavy atom. The molecule has 48 valence electrons. The van der Waals surface area contributed by atoms with E-state index in [0.29, 0.717) is 12.8 Å². The number of aldehydes is 2. The highest BCUT2D eigenvalue weighted by Crippen LogP contribution is 2.27. The van der Waals surface area contributed by atoms with Crippen LogP contribution in [0, 0.1) is 5.41 Å². The molecule has 0 aromatic rings. The van der Waals surface area contributed by atoms with E-state index >= 15 is 0 Å². The van der Waals surface area contributed by atoms with Gasteiger partial charge in [0.1, 0.15) is 12.6 Å². The van der Waals surface area contributed by atoms with E-state index in [9.17, 15) is 9.59 Å². The molecule has 0 saturated carbocycles. The average Bonchev–Trinajstić information content (AvgIpc) is 2.36. The van der Waals surface area contributed by atoms with Crippen molar-refractivity contribution in [1.29, 1.82) is 0 Å². The first-order valence-electron chi connectivity index (χ1n) is 2.91. The summed E-state index contributed by atoms with van der Waals surface area (Å²) in [5, 5.41) is 0. The van der Waals surface area contributed by atoms with Gasteiger partial charge in [-0.3, -0.25) is 0 Å². The lowest BCUT2D eigenvalue weighted by atomic mass is 9.90. The van der Waals surface area contributed by atoms with Crippen LogP contribution in [0.4, 0.5) is 0 Å². The molecule has 0 radical (unpaired) electrons. The second kappa shape index (κ2) is 2.13. The Balaban J connectivity index is 2.71. The third kappa shape index (κ3) is 0.922. The highest BCUT2D eigenvalue weighted by atomic mass is 16.1. The van der Waals surface area contributed by atoms with Crippen LogP contribution in [-0.4, -0.2) is 12.6 Å². The first-order valence-corrected chi connectivity index (χ1v) is 2.91. The minimum atomic E-state index is -0.694. The minimum Gasteiger partial charge on any atom is -0.302 e. The highest BCUT2D eigenvalue weighted by molar-refractivity contribution is 5.84. The van der Waals surface area contributed by atoms with Crippen LogP contribution >= 0.6 is 0 Å². The van der Waals surface area contributed by atoms with Gasteiger partial charge in [0, 0.05) is 0 Å². The molecule has 0 spiro atoms. The van der Waals surface area contributed by atoms with E-state index in [1.807, 2.05) is 12.2 Å². The maximum atomic E-state index is 10.3. The molecule has 0 aromatic carbocycles. The third-order valence-corrected chi connectivity index (χ3v) is 1.63. The lowest BCUT2D eigenvalue weighted by molar-refractivity contribution is -0.125. The van der Waals surface area contributed by atoms with Crippen molar-refractivity contribution in [1.82, 2.24) is 0 Å². The predicted molar refractivity (Wildman–Crippen MR) is 32.9 cm³/mol. The quantitative estimate of drug-likeness (QED) is 0.309. The van der Waals surface area contributed by atoms with Crippen molar-refractivity contribution in [3.05, 3.63) is 12.2 Å². The van der Waals surface area contributed by atoms with Gasteiger partial charge < -0.3 is 9.59 Å². The molecule has 0 bridgehead atoms. The van der Waals surface area contributed by atoms with Crippen LogP contribution in [-0.2, 0) is 9.59 Å². The first-order chi connectivity index (χ1) is 4.33. The highest BCUT2D eigenvalue weighted by Gasteiger charge is 2.29. The normalized spacial score (nSPS) is 21.8. The Bertz CT molecular complexity index is 140. The van der Waals surface area contributed by atoms with Crippen molar-refractivity contribution in [3.63, 3.8) is 0 Å². The molecule has 0 aliphatic heterocycles. The molecule has 0 heterocycles. The molecule has 9 heavy (non-hydrogen) atoms. The monoisotopic (exact) mass is 124 g/mol. The van der Waals surface area contributed by atoms with Gasteiger partial charge in [0.25, 0.3) is 0 Å². The Hall–Kier alpha value is -0.920. The van der Waals surface area contributed by atoms with E-state index < -0.39 is 5.41 Å². The molecule has 0 amide bonds. The lowest BCUT2D eigenvalue weighted by Gasteiger charge is -2.10. The van der Waals surface area contributed by atoms with Crippen LogP contribution in [0.5, 0.6) is 0 Å². The molecule has 0 atom stereocenters. The summed E-state index contributed by atoms with van der Waals surface area (Å²) in [7, 11) is 0. The molecule has 0 fully saturated rings. The topological polar surface area (TPSA) is 34.1 Å². The fraction of sp³-hybridized carbons (Fsp3) is 0.429. The van der Waals surface area contributed by atoms with Gasteiger partial charge in [-0.05, 0) is 12.8 Å². The summed E-state index contributed by atoms with van der Waals surface area (Å²) >= 11 is 0. The van der Waals surface area contributed by atoms with E-state index in [2.05, 4.69) is 0 Å². The van der Waals surface area contributed by atoms with Gasteiger partial charge >= 0.3 is 0 Å². The maximum absolute atomic E-state index is 10.3. The number of hydrogen-bond donors (Lipinski definition) is 0. The van der Waals surface area contributed by atoms with Gasteiger partial charge in [-0.1, -0.05) is 12.2 Å².